The third-order valence-electron chi connectivity index (χ3n) is 4.94. The summed E-state index contributed by atoms with van der Waals surface area (Å²) in [4.78, 5) is 25.7. The first-order valence-corrected chi connectivity index (χ1v) is 8.05. The Bertz CT molecular complexity index is 964. The predicted octanol–water partition coefficient (Wildman–Crippen LogP) is 1.99. The molecule has 4 atom stereocenters. The van der Waals surface area contributed by atoms with Gasteiger partial charge in [-0.3, -0.25) is 0 Å². The van der Waals surface area contributed by atoms with Crippen molar-refractivity contribution in [2.24, 2.45) is 11.8 Å². The average Bonchev–Trinajstić information content (AvgIpc) is 2.74. The van der Waals surface area contributed by atoms with Crippen molar-refractivity contribution in [3.8, 4) is 5.69 Å². The van der Waals surface area contributed by atoms with E-state index < -0.39 is 0 Å². The second kappa shape index (κ2) is 4.01. The number of allylic oxidation sites excluding steroid dienone is 4. The molecule has 0 N–H and O–H groups in total. The van der Waals surface area contributed by atoms with Gasteiger partial charge in [0.1, 0.15) is 0 Å². The molecule has 2 bridgehead atoms. The van der Waals surface area contributed by atoms with Crippen molar-refractivity contribution in [1.82, 2.24) is 13.9 Å². The predicted molar refractivity (Wildman–Crippen MR) is 85.5 cm³/mol. The van der Waals surface area contributed by atoms with E-state index in [-0.39, 0.29) is 23.5 Å². The van der Waals surface area contributed by atoms with Crippen molar-refractivity contribution >= 4 is 15.9 Å². The third kappa shape index (κ3) is 1.30. The lowest BCUT2D eigenvalue weighted by Gasteiger charge is -2.49. The molecule has 3 heterocycles. The molecular weight excluding hydrogens is 346 g/mol. The van der Waals surface area contributed by atoms with E-state index in [1.54, 1.807) is 21.5 Å². The lowest BCUT2D eigenvalue weighted by molar-refractivity contribution is 0.136. The Morgan fingerprint density at radius 1 is 0.909 bits per heavy atom. The van der Waals surface area contributed by atoms with Crippen LogP contribution in [0.15, 0.2) is 62.6 Å². The van der Waals surface area contributed by atoms with Crippen LogP contribution in [0.25, 0.3) is 5.69 Å². The van der Waals surface area contributed by atoms with E-state index in [4.69, 9.17) is 0 Å². The lowest BCUT2D eigenvalue weighted by Crippen LogP contribution is -2.51. The van der Waals surface area contributed by atoms with Gasteiger partial charge in [-0.05, 0) is 18.2 Å². The number of benzene rings is 1. The molecule has 4 aliphatic rings. The summed E-state index contributed by atoms with van der Waals surface area (Å²) in [6.45, 7) is 0. The maximum atomic E-state index is 12.9. The summed E-state index contributed by atoms with van der Waals surface area (Å²) in [5.41, 5.74) is 0.0823. The van der Waals surface area contributed by atoms with Crippen LogP contribution in [0, 0.1) is 11.8 Å². The number of aromatic nitrogens is 3. The quantitative estimate of drug-likeness (QED) is 0.732. The Balaban J connectivity index is 1.83. The van der Waals surface area contributed by atoms with E-state index in [1.165, 1.54) is 4.57 Å². The number of rotatable bonds is 1. The van der Waals surface area contributed by atoms with Crippen molar-refractivity contribution in [3.05, 3.63) is 74.0 Å². The van der Waals surface area contributed by atoms with Gasteiger partial charge in [-0.1, -0.05) is 46.3 Å². The molecule has 0 unspecified atom stereocenters. The summed E-state index contributed by atoms with van der Waals surface area (Å²) in [5, 5.41) is 0. The maximum Gasteiger partial charge on any atom is 0.352 e. The van der Waals surface area contributed by atoms with Crippen molar-refractivity contribution in [1.29, 1.82) is 0 Å². The van der Waals surface area contributed by atoms with Crippen LogP contribution in [0.4, 0.5) is 0 Å². The van der Waals surface area contributed by atoms with Gasteiger partial charge in [0.2, 0.25) is 0 Å². The fraction of sp³-hybridized carbons (Fsp3) is 0.250. The zero-order valence-corrected chi connectivity index (χ0v) is 13.1. The van der Waals surface area contributed by atoms with Crippen LogP contribution in [0.3, 0.4) is 0 Å². The van der Waals surface area contributed by atoms with Crippen LogP contribution in [0.1, 0.15) is 12.1 Å². The maximum absolute atomic E-state index is 12.9. The molecule has 0 fully saturated rings. The number of hydrogen-bond acceptors (Lipinski definition) is 2. The Morgan fingerprint density at radius 2 is 1.59 bits per heavy atom. The van der Waals surface area contributed by atoms with Crippen LogP contribution in [0.5, 0.6) is 0 Å². The highest BCUT2D eigenvalue weighted by atomic mass is 79.9. The molecule has 6 rings (SSSR count). The average molecular weight is 358 g/mol. The standard InChI is InChI=1S/C16H12BrN3O2/c17-12-8-13-10-6-7-11(10)14(12)20-16(22)18(15(21)19(13)20)9-4-2-1-3-5-9/h1-8,10-11,13-14H/t10-,11-,13-,14-/m0/s1. The van der Waals surface area contributed by atoms with Gasteiger partial charge in [0.25, 0.3) is 0 Å². The third-order valence-corrected chi connectivity index (χ3v) is 5.67. The normalized spacial score (nSPS) is 30.5. The van der Waals surface area contributed by atoms with Gasteiger partial charge < -0.3 is 0 Å². The Labute approximate surface area is 133 Å². The van der Waals surface area contributed by atoms with Crippen LogP contribution in [-0.2, 0) is 0 Å². The first-order chi connectivity index (χ1) is 10.7. The first kappa shape index (κ1) is 12.5. The van der Waals surface area contributed by atoms with E-state index in [9.17, 15) is 9.59 Å². The summed E-state index contributed by atoms with van der Waals surface area (Å²) < 4.78 is 5.50. The van der Waals surface area contributed by atoms with Crippen molar-refractivity contribution in [2.45, 2.75) is 12.1 Å². The molecule has 2 aromatic rings. The minimum Gasteiger partial charge on any atom is -0.245 e. The van der Waals surface area contributed by atoms with E-state index in [2.05, 4.69) is 34.2 Å². The second-order valence-electron chi connectivity index (χ2n) is 5.95. The van der Waals surface area contributed by atoms with E-state index >= 15 is 0 Å². The molecule has 0 spiro atoms. The van der Waals surface area contributed by atoms with Gasteiger partial charge >= 0.3 is 11.4 Å². The van der Waals surface area contributed by atoms with E-state index in [1.807, 2.05) is 18.2 Å². The summed E-state index contributed by atoms with van der Waals surface area (Å²) in [6.07, 6.45) is 6.33. The Morgan fingerprint density at radius 3 is 2.27 bits per heavy atom. The summed E-state index contributed by atoms with van der Waals surface area (Å²) in [7, 11) is 0. The fourth-order valence-electron chi connectivity index (χ4n) is 3.89. The number of para-hydroxylation sites is 1. The van der Waals surface area contributed by atoms with Crippen LogP contribution in [-0.4, -0.2) is 13.9 Å². The lowest BCUT2D eigenvalue weighted by atomic mass is 9.68. The largest absolute Gasteiger partial charge is 0.352 e. The topological polar surface area (TPSA) is 48.9 Å². The van der Waals surface area contributed by atoms with E-state index in [0.717, 1.165) is 4.48 Å². The Hall–Kier alpha value is -2.08. The van der Waals surface area contributed by atoms with Gasteiger partial charge in [-0.25, -0.2) is 23.5 Å². The monoisotopic (exact) mass is 357 g/mol. The van der Waals surface area contributed by atoms with Crippen LogP contribution in [0.2, 0.25) is 0 Å². The van der Waals surface area contributed by atoms with Gasteiger partial charge in [-0.15, -0.1) is 0 Å². The molecule has 0 amide bonds. The molecule has 2 aliphatic heterocycles. The van der Waals surface area contributed by atoms with Crippen molar-refractivity contribution in [2.75, 3.05) is 0 Å². The molecule has 0 radical (unpaired) electrons. The fourth-order valence-corrected chi connectivity index (χ4v) is 4.66. The second-order valence-corrected chi connectivity index (χ2v) is 6.87. The highest BCUT2D eigenvalue weighted by Gasteiger charge is 2.50. The molecule has 110 valence electrons. The summed E-state index contributed by atoms with van der Waals surface area (Å²) in [6, 6.07) is 8.91. The highest BCUT2D eigenvalue weighted by molar-refractivity contribution is 9.11. The molecular formula is C16H12BrN3O2. The Kier molecular flexibility index (Phi) is 2.27. The molecule has 5 nitrogen and oxygen atoms in total. The number of nitrogens with zero attached hydrogens (tertiary/aromatic N) is 3. The minimum atomic E-state index is -0.269. The first-order valence-electron chi connectivity index (χ1n) is 7.25. The molecule has 0 saturated carbocycles. The number of hydrogen-bond donors (Lipinski definition) is 0. The van der Waals surface area contributed by atoms with Gasteiger partial charge in [0.15, 0.2) is 0 Å². The zero-order valence-electron chi connectivity index (χ0n) is 11.5. The molecule has 1 aromatic heterocycles. The van der Waals surface area contributed by atoms with Crippen LogP contribution >= 0.6 is 15.9 Å². The molecule has 0 saturated heterocycles. The molecule has 2 aliphatic carbocycles. The van der Waals surface area contributed by atoms with Gasteiger partial charge in [-0.2, -0.15) is 0 Å². The molecule has 1 aromatic carbocycles. The van der Waals surface area contributed by atoms with E-state index in [0.29, 0.717) is 17.5 Å². The van der Waals surface area contributed by atoms with Gasteiger partial charge in [0.05, 0.1) is 17.8 Å². The molecule has 22 heavy (non-hydrogen) atoms. The number of halogens is 1. The highest BCUT2D eigenvalue weighted by Crippen LogP contribution is 2.53. The molecule has 6 heteroatoms. The van der Waals surface area contributed by atoms with Crippen LogP contribution < -0.4 is 11.4 Å². The zero-order chi connectivity index (χ0) is 15.0. The van der Waals surface area contributed by atoms with Gasteiger partial charge in [0, 0.05) is 16.3 Å². The smallest absolute Gasteiger partial charge is 0.245 e. The minimum absolute atomic E-state index is 0.0838. The SMILES string of the molecule is O=c1n(-c2ccccc2)c(=O)n2n1[C@@H]1C(Br)=C[C@H]2[C@H]2C=C[C@@H]21. The van der Waals surface area contributed by atoms with Crippen molar-refractivity contribution < 1.29 is 0 Å². The van der Waals surface area contributed by atoms with Crippen molar-refractivity contribution in [3.63, 3.8) is 0 Å². The summed E-state index contributed by atoms with van der Waals surface area (Å²) in [5.74, 6) is 0.614. The summed E-state index contributed by atoms with van der Waals surface area (Å²) >= 11 is 3.58.